The van der Waals surface area contributed by atoms with Crippen LogP contribution in [0.3, 0.4) is 0 Å². The number of hydrogen-bond acceptors (Lipinski definition) is 8. The Morgan fingerprint density at radius 3 is 1.55 bits per heavy atom. The fourth-order valence-electron chi connectivity index (χ4n) is 11.7. The van der Waals surface area contributed by atoms with E-state index < -0.39 is 0 Å². The number of aldehydes is 1. The molecule has 1 saturated heterocycles. The van der Waals surface area contributed by atoms with Crippen molar-refractivity contribution in [2.45, 2.75) is 365 Å². The second-order valence-corrected chi connectivity index (χ2v) is 25.0. The van der Waals surface area contributed by atoms with Gasteiger partial charge in [0.1, 0.15) is 18.7 Å². The van der Waals surface area contributed by atoms with Crippen molar-refractivity contribution in [1.29, 1.82) is 0 Å². The Morgan fingerprint density at radius 2 is 1.08 bits per heavy atom. The molecule has 0 bridgehead atoms. The molecule has 87 heavy (non-hydrogen) atoms. The van der Waals surface area contributed by atoms with E-state index in [0.717, 1.165) is 89.7 Å². The van der Waals surface area contributed by atoms with Gasteiger partial charge in [-0.05, 0) is 120 Å². The second-order valence-electron chi connectivity index (χ2n) is 25.0. The lowest BCUT2D eigenvalue weighted by Crippen LogP contribution is -2.43. The summed E-state index contributed by atoms with van der Waals surface area (Å²) in [6.45, 7) is 31.5. The molecule has 0 N–H and O–H groups in total. The number of unbranched alkanes of at least 4 members (excludes halogenated alkanes) is 22. The minimum absolute atomic E-state index is 0. The molecule has 2 rings (SSSR count). The van der Waals surface area contributed by atoms with Gasteiger partial charge in [-0.15, -0.1) is 6.58 Å². The fraction of sp³-hybridized carbons (Fsp3) is 0.833. The van der Waals surface area contributed by atoms with E-state index in [0.29, 0.717) is 37.2 Å². The third kappa shape index (κ3) is 57.7. The number of methoxy groups -OCH3 is 1. The maximum Gasteiger partial charge on any atom is 0.223 e. The minimum atomic E-state index is -0.204. The van der Waals surface area contributed by atoms with Gasteiger partial charge in [0.2, 0.25) is 5.91 Å². The quantitative estimate of drug-likeness (QED) is 0.0148. The molecule has 1 aliphatic heterocycles. The third-order valence-corrected chi connectivity index (χ3v) is 16.9. The first-order chi connectivity index (χ1) is 41.9. The fourth-order valence-corrected chi connectivity index (χ4v) is 11.7. The molecule has 0 aromatic carbocycles. The normalized spacial score (nSPS) is 15.9. The van der Waals surface area contributed by atoms with Gasteiger partial charge in [0.05, 0.1) is 11.8 Å². The third-order valence-electron chi connectivity index (χ3n) is 16.9. The number of carbonyl (C=O) groups excluding carboxylic acids is 5. The number of ketones is 3. The summed E-state index contributed by atoms with van der Waals surface area (Å²) in [7, 11) is 1.77. The van der Waals surface area contributed by atoms with Crippen LogP contribution in [0, 0.1) is 23.7 Å². The van der Waals surface area contributed by atoms with E-state index in [1.165, 1.54) is 199 Å². The first-order valence-corrected chi connectivity index (χ1v) is 36.4. The van der Waals surface area contributed by atoms with Gasteiger partial charge in [-0.25, -0.2) is 0 Å². The monoisotopic (exact) mass is 1230 g/mol. The molecule has 1 heterocycles. The Bertz CT molecular complexity index is 1600. The van der Waals surface area contributed by atoms with Gasteiger partial charge in [-0.2, -0.15) is 0 Å². The van der Waals surface area contributed by atoms with E-state index in [9.17, 15) is 24.0 Å². The number of Topliss-reactive ketones (excluding diaryl/α,β-unsaturated/α-hetero) is 1. The zero-order valence-electron chi connectivity index (χ0n) is 58.8. The van der Waals surface area contributed by atoms with Crippen molar-refractivity contribution in [2.24, 2.45) is 23.7 Å². The van der Waals surface area contributed by atoms with Gasteiger partial charge in [0.15, 0.2) is 11.6 Å². The molecule has 1 amide bonds. The van der Waals surface area contributed by atoms with Gasteiger partial charge in [0, 0.05) is 71.5 Å². The number of hydrogen-bond donors (Lipinski definition) is 0. The van der Waals surface area contributed by atoms with Crippen LogP contribution < -0.4 is 0 Å². The minimum Gasteiger partial charge on any atom is -0.496 e. The number of nitrogens with zero attached hydrogens (tertiary/aromatic N) is 1. The molecule has 512 valence electrons. The van der Waals surface area contributed by atoms with Crippen LogP contribution in [-0.2, 0) is 38.2 Å². The van der Waals surface area contributed by atoms with Crippen LogP contribution >= 0.6 is 0 Å². The summed E-state index contributed by atoms with van der Waals surface area (Å²) in [5.41, 5.74) is 0. The topological polar surface area (TPSA) is 116 Å². The Morgan fingerprint density at radius 1 is 0.586 bits per heavy atom. The Hall–Kier alpha value is -3.17. The largest absolute Gasteiger partial charge is 0.496 e. The highest BCUT2D eigenvalue weighted by Gasteiger charge is 2.37. The molecule has 0 aromatic heterocycles. The molecule has 2 aliphatic rings. The highest BCUT2D eigenvalue weighted by atomic mass is 16.5. The second kappa shape index (κ2) is 70.3. The first kappa shape index (κ1) is 90.2. The van der Waals surface area contributed by atoms with E-state index in [-0.39, 0.29) is 68.0 Å². The average Bonchev–Trinajstić information content (AvgIpc) is 2.88. The van der Waals surface area contributed by atoms with Crippen LogP contribution in [0.2, 0.25) is 0 Å². The summed E-state index contributed by atoms with van der Waals surface area (Å²) in [4.78, 5) is 62.0. The van der Waals surface area contributed by atoms with Crippen LogP contribution in [0.15, 0.2) is 49.3 Å². The van der Waals surface area contributed by atoms with Crippen molar-refractivity contribution >= 4 is 29.5 Å². The number of rotatable bonds is 51. The van der Waals surface area contributed by atoms with Crippen LogP contribution in [-0.4, -0.2) is 80.1 Å². The predicted octanol–water partition coefficient (Wildman–Crippen LogP) is 23.0. The van der Waals surface area contributed by atoms with Crippen LogP contribution in [0.25, 0.3) is 0 Å². The molecule has 3 unspecified atom stereocenters. The van der Waals surface area contributed by atoms with Crippen molar-refractivity contribution in [1.82, 2.24) is 4.90 Å². The molecular weight excluding hydrogens is 1080 g/mol. The van der Waals surface area contributed by atoms with E-state index in [1.807, 2.05) is 32.9 Å². The highest BCUT2D eigenvalue weighted by molar-refractivity contribution is 5.93. The average molecular weight is 1230 g/mol. The molecule has 9 nitrogen and oxygen atoms in total. The molecule has 9 heteroatoms. The summed E-state index contributed by atoms with van der Waals surface area (Å²) >= 11 is 0. The molecule has 0 radical (unpaired) electrons. The zero-order chi connectivity index (χ0) is 64.5. The summed E-state index contributed by atoms with van der Waals surface area (Å²) < 4.78 is 17.4. The molecule has 0 spiro atoms. The van der Waals surface area contributed by atoms with E-state index in [4.69, 9.17) is 14.2 Å². The van der Waals surface area contributed by atoms with Gasteiger partial charge in [-0.1, -0.05) is 255 Å². The molecular formula is C78H147NO8. The summed E-state index contributed by atoms with van der Waals surface area (Å²) in [6.07, 6.45) is 59.1. The SMILES string of the molecule is C.C=CC(=O)CC(CC(C)=O)CC(=O)/C=C\CCCCCCCC.C=CC[C@H]1CC[C@@H](CO/C(=C\C)CC(CC=O)CC(CC)COCCCCCCCC)N1C(=O)CC1CCCCCC1.CC.CCCCCCCCC.CCCCCCCCOC. The van der Waals surface area contributed by atoms with Crippen LogP contribution in [0.1, 0.15) is 353 Å². The zero-order valence-corrected chi connectivity index (χ0v) is 58.8. The van der Waals surface area contributed by atoms with Crippen molar-refractivity contribution in [3.8, 4) is 0 Å². The Balaban J connectivity index is -0.000000635. The Labute approximate surface area is 541 Å². The lowest BCUT2D eigenvalue weighted by atomic mass is 9.88. The summed E-state index contributed by atoms with van der Waals surface area (Å²) in [5.74, 6) is 2.20. The van der Waals surface area contributed by atoms with Crippen molar-refractivity contribution < 1.29 is 38.2 Å². The van der Waals surface area contributed by atoms with Crippen molar-refractivity contribution in [2.75, 3.05) is 33.5 Å². The number of carbonyl (C=O) groups is 5. The summed E-state index contributed by atoms with van der Waals surface area (Å²) in [5, 5.41) is 0. The molecule has 5 atom stereocenters. The number of likely N-dealkylation sites (tertiary alicyclic amines) is 1. The first-order valence-electron chi connectivity index (χ1n) is 36.4. The number of allylic oxidation sites excluding steroid dienone is 5. The number of amides is 1. The van der Waals surface area contributed by atoms with Crippen molar-refractivity contribution in [3.63, 3.8) is 0 Å². The van der Waals surface area contributed by atoms with Crippen LogP contribution in [0.5, 0.6) is 0 Å². The molecule has 2 fully saturated rings. The van der Waals surface area contributed by atoms with Gasteiger partial charge in [-0.3, -0.25) is 14.4 Å². The summed E-state index contributed by atoms with van der Waals surface area (Å²) in [6, 6.07) is 0.361. The molecule has 1 aliphatic carbocycles. The lowest BCUT2D eigenvalue weighted by molar-refractivity contribution is -0.136. The van der Waals surface area contributed by atoms with E-state index in [1.54, 1.807) is 13.2 Å². The standard InChI is InChI=1S/C37H65NO4.C20H32O3.C9H20O.C9H20.C2H6.CH4/c1-5-9-10-11-14-17-25-41-29-31(7-3)26-33(23-24-39)27-36(8-4)42-30-35-22-21-34(18-6-2)38(35)37(40)28-32-19-15-12-13-16-20-32;1-4-6-7-8-9-10-11-12-13-20(23)16-18(14-17(3)21)15-19(22)5-2;1-3-4-5-6-7-8-9-10-2;1-3-5-7-9-8-6-4-2;1-2;/h6,8,24,31-35H,2,5,7,9-23,25-30H2,1,3-4H3;5,12-13,18H,2,4,6-11,14-16H2,1,3H3;3-9H2,1-2H3;3-9H2,1-2H3;1-2H3;1H4/b36-8-;13-12-;;;;/t31?,33?,34-,35-;;;;;/m0...../s1. The van der Waals surface area contributed by atoms with E-state index in [2.05, 4.69) is 65.7 Å². The van der Waals surface area contributed by atoms with Crippen LogP contribution in [0.4, 0.5) is 0 Å². The predicted molar refractivity (Wildman–Crippen MR) is 378 cm³/mol. The van der Waals surface area contributed by atoms with Crippen molar-refractivity contribution in [3.05, 3.63) is 49.3 Å². The van der Waals surface area contributed by atoms with E-state index >= 15 is 0 Å². The maximum absolute atomic E-state index is 13.6. The van der Waals surface area contributed by atoms with Gasteiger partial charge in [0.25, 0.3) is 0 Å². The Kier molecular flexibility index (Phi) is 72.9. The molecule has 1 saturated carbocycles. The van der Waals surface area contributed by atoms with Gasteiger partial charge < -0.3 is 28.7 Å². The van der Waals surface area contributed by atoms with Gasteiger partial charge >= 0.3 is 0 Å². The number of ether oxygens (including phenoxy) is 3. The highest BCUT2D eigenvalue weighted by Crippen LogP contribution is 2.33. The lowest BCUT2D eigenvalue weighted by Gasteiger charge is -2.32. The smallest absolute Gasteiger partial charge is 0.223 e. The molecule has 0 aromatic rings. The maximum atomic E-state index is 13.6.